The van der Waals surface area contributed by atoms with Crippen LogP contribution in [0.2, 0.25) is 0 Å². The Bertz CT molecular complexity index is 837. The van der Waals surface area contributed by atoms with Gasteiger partial charge in [-0.25, -0.2) is 4.79 Å². The maximum atomic E-state index is 12.1. The molecule has 0 saturated heterocycles. The molecule has 6 nitrogen and oxygen atoms in total. The highest BCUT2D eigenvalue weighted by Gasteiger charge is 2.29. The van der Waals surface area contributed by atoms with Crippen LogP contribution in [0.5, 0.6) is 0 Å². The summed E-state index contributed by atoms with van der Waals surface area (Å²) in [7, 11) is 0. The standard InChI is InChI=1S/C18H18N2O4/c1-2-24-18(23)13-8-9-16(21)20(11-13)15-5-3-4-14(10-15)19-17(22)12-6-7-12/h3-5,8-12H,2,6-7H2,1H3,(H,19,22). The predicted molar refractivity (Wildman–Crippen MR) is 89.3 cm³/mol. The Morgan fingerprint density at radius 1 is 1.25 bits per heavy atom. The molecule has 0 atom stereocenters. The van der Waals surface area contributed by atoms with E-state index in [1.165, 1.54) is 22.9 Å². The maximum Gasteiger partial charge on any atom is 0.339 e. The average molecular weight is 326 g/mol. The number of hydrogen-bond acceptors (Lipinski definition) is 4. The first-order valence-electron chi connectivity index (χ1n) is 7.89. The molecule has 124 valence electrons. The van der Waals surface area contributed by atoms with Gasteiger partial charge in [0.15, 0.2) is 0 Å². The molecular weight excluding hydrogens is 308 g/mol. The predicted octanol–water partition coefficient (Wildman–Crippen LogP) is 2.36. The zero-order valence-corrected chi connectivity index (χ0v) is 13.3. The highest BCUT2D eigenvalue weighted by atomic mass is 16.5. The van der Waals surface area contributed by atoms with Crippen molar-refractivity contribution in [2.75, 3.05) is 11.9 Å². The second-order valence-corrected chi connectivity index (χ2v) is 5.66. The van der Waals surface area contributed by atoms with Crippen LogP contribution in [0, 0.1) is 5.92 Å². The van der Waals surface area contributed by atoms with Crippen LogP contribution in [0.4, 0.5) is 5.69 Å². The lowest BCUT2D eigenvalue weighted by Crippen LogP contribution is -2.19. The molecule has 0 unspecified atom stereocenters. The Balaban J connectivity index is 1.90. The van der Waals surface area contributed by atoms with E-state index in [0.717, 1.165) is 12.8 Å². The molecule has 0 spiro atoms. The Kier molecular flexibility index (Phi) is 4.46. The van der Waals surface area contributed by atoms with Crippen molar-refractivity contribution in [2.45, 2.75) is 19.8 Å². The minimum absolute atomic E-state index is 0.000212. The summed E-state index contributed by atoms with van der Waals surface area (Å²) < 4.78 is 6.32. The Morgan fingerprint density at radius 3 is 2.75 bits per heavy atom. The lowest BCUT2D eigenvalue weighted by atomic mass is 10.2. The van der Waals surface area contributed by atoms with Crippen molar-refractivity contribution < 1.29 is 14.3 Å². The summed E-state index contributed by atoms with van der Waals surface area (Å²) in [6.45, 7) is 1.99. The number of rotatable bonds is 5. The van der Waals surface area contributed by atoms with Crippen molar-refractivity contribution in [2.24, 2.45) is 5.92 Å². The first-order chi connectivity index (χ1) is 11.6. The Morgan fingerprint density at radius 2 is 2.04 bits per heavy atom. The molecule has 1 fully saturated rings. The molecule has 1 heterocycles. The fraction of sp³-hybridized carbons (Fsp3) is 0.278. The lowest BCUT2D eigenvalue weighted by molar-refractivity contribution is -0.117. The number of carbonyl (C=O) groups excluding carboxylic acids is 2. The zero-order valence-electron chi connectivity index (χ0n) is 13.3. The van der Waals surface area contributed by atoms with Gasteiger partial charge in [-0.2, -0.15) is 0 Å². The number of carbonyl (C=O) groups is 2. The normalized spacial score (nSPS) is 13.4. The highest BCUT2D eigenvalue weighted by molar-refractivity contribution is 5.94. The summed E-state index contributed by atoms with van der Waals surface area (Å²) in [5.74, 6) is -0.382. The van der Waals surface area contributed by atoms with Crippen LogP contribution in [0.15, 0.2) is 47.4 Å². The molecule has 2 aromatic rings. The SMILES string of the molecule is CCOC(=O)c1ccc(=O)n(-c2cccc(NC(=O)C3CC3)c2)c1. The minimum atomic E-state index is -0.482. The van der Waals surface area contributed by atoms with Crippen LogP contribution in [0.1, 0.15) is 30.1 Å². The number of nitrogens with zero attached hydrogens (tertiary/aromatic N) is 1. The van der Waals surface area contributed by atoms with Gasteiger partial charge in [0.1, 0.15) is 0 Å². The number of hydrogen-bond donors (Lipinski definition) is 1. The molecule has 0 radical (unpaired) electrons. The number of aromatic nitrogens is 1. The van der Waals surface area contributed by atoms with Crippen LogP contribution in [0.3, 0.4) is 0 Å². The van der Waals surface area contributed by atoms with Crippen LogP contribution in [-0.4, -0.2) is 23.1 Å². The molecule has 1 aromatic heterocycles. The molecular formula is C18H18N2O4. The van der Waals surface area contributed by atoms with E-state index in [9.17, 15) is 14.4 Å². The van der Waals surface area contributed by atoms with Gasteiger partial charge in [0.05, 0.1) is 17.9 Å². The largest absolute Gasteiger partial charge is 0.462 e. The number of benzene rings is 1. The smallest absolute Gasteiger partial charge is 0.339 e. The van der Waals surface area contributed by atoms with E-state index in [4.69, 9.17) is 4.74 Å². The van der Waals surface area contributed by atoms with E-state index in [-0.39, 0.29) is 24.0 Å². The van der Waals surface area contributed by atoms with Gasteiger partial charge in [-0.05, 0) is 44.0 Å². The van der Waals surface area contributed by atoms with Crippen LogP contribution >= 0.6 is 0 Å². The van der Waals surface area contributed by atoms with E-state index in [2.05, 4.69) is 5.32 Å². The van der Waals surface area contributed by atoms with E-state index < -0.39 is 5.97 Å². The van der Waals surface area contributed by atoms with Crippen molar-refractivity contribution in [3.63, 3.8) is 0 Å². The van der Waals surface area contributed by atoms with Gasteiger partial charge in [-0.15, -0.1) is 0 Å². The number of esters is 1. The molecule has 1 aromatic carbocycles. The molecule has 0 bridgehead atoms. The number of nitrogens with one attached hydrogen (secondary N) is 1. The van der Waals surface area contributed by atoms with E-state index in [0.29, 0.717) is 16.9 Å². The van der Waals surface area contributed by atoms with Gasteiger partial charge in [0, 0.05) is 23.9 Å². The lowest BCUT2D eigenvalue weighted by Gasteiger charge is -2.10. The fourth-order valence-electron chi connectivity index (χ4n) is 2.35. The molecule has 3 rings (SSSR count). The fourth-order valence-corrected chi connectivity index (χ4v) is 2.35. The minimum Gasteiger partial charge on any atom is -0.462 e. The molecule has 1 amide bonds. The summed E-state index contributed by atoms with van der Waals surface area (Å²) in [5.41, 5.74) is 1.22. The molecule has 0 aliphatic heterocycles. The monoisotopic (exact) mass is 326 g/mol. The van der Waals surface area contributed by atoms with Gasteiger partial charge in [0.2, 0.25) is 5.91 Å². The molecule has 1 saturated carbocycles. The second kappa shape index (κ2) is 6.70. The average Bonchev–Trinajstić information content (AvgIpc) is 3.40. The molecule has 24 heavy (non-hydrogen) atoms. The molecule has 1 N–H and O–H groups in total. The van der Waals surface area contributed by atoms with Gasteiger partial charge in [0.25, 0.3) is 5.56 Å². The third-order valence-electron chi connectivity index (χ3n) is 3.76. The first kappa shape index (κ1) is 16.0. The van der Waals surface area contributed by atoms with Gasteiger partial charge >= 0.3 is 5.97 Å². The zero-order chi connectivity index (χ0) is 17.1. The summed E-state index contributed by atoms with van der Waals surface area (Å²) >= 11 is 0. The van der Waals surface area contributed by atoms with Crippen molar-refractivity contribution in [3.05, 3.63) is 58.5 Å². The van der Waals surface area contributed by atoms with Crippen molar-refractivity contribution in [3.8, 4) is 5.69 Å². The molecule has 1 aliphatic carbocycles. The van der Waals surface area contributed by atoms with Gasteiger partial charge in [-0.3, -0.25) is 14.2 Å². The van der Waals surface area contributed by atoms with Crippen molar-refractivity contribution in [1.29, 1.82) is 0 Å². The van der Waals surface area contributed by atoms with Gasteiger partial charge < -0.3 is 10.1 Å². The van der Waals surface area contributed by atoms with Crippen molar-refractivity contribution in [1.82, 2.24) is 4.57 Å². The summed E-state index contributed by atoms with van der Waals surface area (Å²) in [4.78, 5) is 35.8. The highest BCUT2D eigenvalue weighted by Crippen LogP contribution is 2.30. The number of pyridine rings is 1. The maximum absolute atomic E-state index is 12.1. The van der Waals surface area contributed by atoms with E-state index >= 15 is 0 Å². The number of anilines is 1. The van der Waals surface area contributed by atoms with Crippen molar-refractivity contribution >= 4 is 17.6 Å². The van der Waals surface area contributed by atoms with Crippen LogP contribution in [-0.2, 0) is 9.53 Å². The Labute approximate surface area is 139 Å². The molecule has 1 aliphatic rings. The number of amides is 1. The topological polar surface area (TPSA) is 77.4 Å². The van der Waals surface area contributed by atoms with Crippen LogP contribution < -0.4 is 10.9 Å². The quantitative estimate of drug-likeness (QED) is 0.856. The van der Waals surface area contributed by atoms with Gasteiger partial charge in [-0.1, -0.05) is 6.07 Å². The Hall–Kier alpha value is -2.89. The third kappa shape index (κ3) is 3.53. The van der Waals surface area contributed by atoms with E-state index in [1.807, 2.05) is 0 Å². The molecule has 6 heteroatoms. The summed E-state index contributed by atoms with van der Waals surface area (Å²) in [6.07, 6.45) is 3.29. The summed E-state index contributed by atoms with van der Waals surface area (Å²) in [6, 6.07) is 9.72. The second-order valence-electron chi connectivity index (χ2n) is 5.66. The first-order valence-corrected chi connectivity index (χ1v) is 7.89. The van der Waals surface area contributed by atoms with Crippen LogP contribution in [0.25, 0.3) is 5.69 Å². The third-order valence-corrected chi connectivity index (χ3v) is 3.76. The number of ether oxygens (including phenoxy) is 1. The van der Waals surface area contributed by atoms with E-state index in [1.54, 1.807) is 31.2 Å². The summed E-state index contributed by atoms with van der Waals surface area (Å²) in [5, 5.41) is 2.85.